The molecular formula is C7H16ClNO. The normalized spacial score (nSPS) is 17.4. The van der Waals surface area contributed by atoms with Gasteiger partial charge in [-0.25, -0.2) is 0 Å². The number of aliphatic hydroxyl groups excluding tert-OH is 1. The first-order chi connectivity index (χ1) is 4.57. The minimum atomic E-state index is -0.362. The zero-order chi connectivity index (χ0) is 8.15. The van der Waals surface area contributed by atoms with Gasteiger partial charge in [-0.1, -0.05) is 0 Å². The summed E-state index contributed by atoms with van der Waals surface area (Å²) in [7, 11) is 3.98. The summed E-state index contributed by atoms with van der Waals surface area (Å²) in [6, 6.07) is 0.397. The summed E-state index contributed by atoms with van der Waals surface area (Å²) in [6.45, 7) is 2.07. The highest BCUT2D eigenvalue weighted by molar-refractivity contribution is 6.18. The summed E-state index contributed by atoms with van der Waals surface area (Å²) < 4.78 is 0. The van der Waals surface area contributed by atoms with E-state index in [2.05, 4.69) is 11.8 Å². The van der Waals surface area contributed by atoms with Crippen molar-refractivity contribution in [2.45, 2.75) is 25.5 Å². The molecule has 0 aliphatic carbocycles. The highest BCUT2D eigenvalue weighted by atomic mass is 35.5. The Morgan fingerprint density at radius 1 is 1.50 bits per heavy atom. The number of alkyl halides is 1. The maximum absolute atomic E-state index is 9.12. The zero-order valence-corrected chi connectivity index (χ0v) is 7.60. The van der Waals surface area contributed by atoms with Crippen molar-refractivity contribution >= 4 is 11.6 Å². The van der Waals surface area contributed by atoms with Crippen molar-refractivity contribution in [3.05, 3.63) is 0 Å². The minimum absolute atomic E-state index is 0.332. The molecular weight excluding hydrogens is 150 g/mol. The van der Waals surface area contributed by atoms with E-state index in [0.717, 1.165) is 6.42 Å². The molecule has 1 N–H and O–H groups in total. The van der Waals surface area contributed by atoms with Crippen LogP contribution in [-0.2, 0) is 0 Å². The number of rotatable bonds is 4. The molecule has 0 aromatic heterocycles. The van der Waals surface area contributed by atoms with Crippen LogP contribution in [0.2, 0.25) is 0 Å². The molecule has 0 fully saturated rings. The molecule has 10 heavy (non-hydrogen) atoms. The number of nitrogens with zero attached hydrogens (tertiary/aromatic N) is 1. The van der Waals surface area contributed by atoms with E-state index in [1.54, 1.807) is 0 Å². The Labute approximate surface area is 67.8 Å². The lowest BCUT2D eigenvalue weighted by Gasteiger charge is -2.21. The highest BCUT2D eigenvalue weighted by Gasteiger charge is 2.09. The molecule has 2 nitrogen and oxygen atoms in total. The fraction of sp³-hybridized carbons (Fsp3) is 1.00. The number of halogens is 1. The third-order valence-electron chi connectivity index (χ3n) is 1.67. The summed E-state index contributed by atoms with van der Waals surface area (Å²) in [4.78, 5) is 2.07. The van der Waals surface area contributed by atoms with E-state index in [4.69, 9.17) is 16.7 Å². The second kappa shape index (κ2) is 4.94. The smallest absolute Gasteiger partial charge is 0.0690 e. The predicted octanol–water partition coefficient (Wildman–Crippen LogP) is 0.926. The molecule has 0 aromatic carbocycles. The van der Waals surface area contributed by atoms with E-state index in [1.807, 2.05) is 14.1 Å². The van der Waals surface area contributed by atoms with Gasteiger partial charge < -0.3 is 10.0 Å². The molecule has 0 saturated carbocycles. The minimum Gasteiger partial charge on any atom is -0.392 e. The van der Waals surface area contributed by atoms with Gasteiger partial charge in [0.05, 0.1) is 6.10 Å². The Morgan fingerprint density at radius 2 is 2.00 bits per heavy atom. The molecule has 0 heterocycles. The summed E-state index contributed by atoms with van der Waals surface area (Å²) in [5.41, 5.74) is 0. The van der Waals surface area contributed by atoms with Gasteiger partial charge >= 0.3 is 0 Å². The zero-order valence-electron chi connectivity index (χ0n) is 6.84. The van der Waals surface area contributed by atoms with E-state index in [-0.39, 0.29) is 6.10 Å². The molecule has 3 heteroatoms. The lowest BCUT2D eigenvalue weighted by Crippen LogP contribution is -2.29. The van der Waals surface area contributed by atoms with Crippen LogP contribution in [0.5, 0.6) is 0 Å². The Morgan fingerprint density at radius 3 is 2.30 bits per heavy atom. The average molecular weight is 166 g/mol. The van der Waals surface area contributed by atoms with Crippen LogP contribution in [0.4, 0.5) is 0 Å². The third kappa shape index (κ3) is 4.09. The fourth-order valence-electron chi connectivity index (χ4n) is 0.668. The molecule has 0 saturated heterocycles. The van der Waals surface area contributed by atoms with E-state index in [0.29, 0.717) is 11.9 Å². The number of aliphatic hydroxyl groups is 1. The van der Waals surface area contributed by atoms with Gasteiger partial charge in [-0.3, -0.25) is 0 Å². The molecule has 2 unspecified atom stereocenters. The second-order valence-corrected chi connectivity index (χ2v) is 3.17. The van der Waals surface area contributed by atoms with Crippen LogP contribution in [0, 0.1) is 0 Å². The molecule has 0 spiro atoms. The maximum Gasteiger partial charge on any atom is 0.0690 e. The van der Waals surface area contributed by atoms with Crippen LogP contribution >= 0.6 is 11.6 Å². The maximum atomic E-state index is 9.12. The first-order valence-electron chi connectivity index (χ1n) is 3.48. The van der Waals surface area contributed by atoms with Gasteiger partial charge in [0, 0.05) is 11.9 Å². The van der Waals surface area contributed by atoms with E-state index >= 15 is 0 Å². The second-order valence-electron chi connectivity index (χ2n) is 2.86. The van der Waals surface area contributed by atoms with Crippen LogP contribution in [0.3, 0.4) is 0 Å². The van der Waals surface area contributed by atoms with Crippen LogP contribution < -0.4 is 0 Å². The quantitative estimate of drug-likeness (QED) is 0.627. The van der Waals surface area contributed by atoms with E-state index < -0.39 is 0 Å². The largest absolute Gasteiger partial charge is 0.392 e. The molecule has 0 amide bonds. The van der Waals surface area contributed by atoms with Crippen molar-refractivity contribution in [3.8, 4) is 0 Å². The Hall–Kier alpha value is 0.210. The molecule has 2 atom stereocenters. The standard InChI is InChI=1S/C7H16ClNO/c1-6(9(2)3)4-7(10)5-8/h6-7,10H,4-5H2,1-3H3. The SMILES string of the molecule is CC(CC(O)CCl)N(C)C. The Kier molecular flexibility index (Phi) is 5.04. The summed E-state index contributed by atoms with van der Waals surface area (Å²) >= 11 is 5.43. The van der Waals surface area contributed by atoms with Crippen molar-refractivity contribution in [2.75, 3.05) is 20.0 Å². The van der Waals surface area contributed by atoms with Gasteiger partial charge in [0.15, 0.2) is 0 Å². The monoisotopic (exact) mass is 165 g/mol. The van der Waals surface area contributed by atoms with Crippen LogP contribution in [0.1, 0.15) is 13.3 Å². The van der Waals surface area contributed by atoms with Crippen LogP contribution in [0.25, 0.3) is 0 Å². The molecule has 0 bridgehead atoms. The van der Waals surface area contributed by atoms with Gasteiger partial charge in [-0.15, -0.1) is 11.6 Å². The molecule has 0 aliphatic rings. The topological polar surface area (TPSA) is 23.5 Å². The van der Waals surface area contributed by atoms with E-state index in [9.17, 15) is 0 Å². The summed E-state index contributed by atoms with van der Waals surface area (Å²) in [6.07, 6.45) is 0.385. The molecule has 0 radical (unpaired) electrons. The van der Waals surface area contributed by atoms with Gasteiger partial charge in [-0.2, -0.15) is 0 Å². The first kappa shape index (κ1) is 10.2. The van der Waals surface area contributed by atoms with Crippen molar-refractivity contribution < 1.29 is 5.11 Å². The van der Waals surface area contributed by atoms with Gasteiger partial charge in [0.1, 0.15) is 0 Å². The van der Waals surface area contributed by atoms with Gasteiger partial charge in [0.2, 0.25) is 0 Å². The summed E-state index contributed by atoms with van der Waals surface area (Å²) in [5.74, 6) is 0.332. The van der Waals surface area contributed by atoms with Crippen LogP contribution in [-0.4, -0.2) is 42.1 Å². The van der Waals surface area contributed by atoms with Crippen LogP contribution in [0.15, 0.2) is 0 Å². The number of hydrogen-bond donors (Lipinski definition) is 1. The molecule has 62 valence electrons. The highest BCUT2D eigenvalue weighted by Crippen LogP contribution is 2.03. The Bertz CT molecular complexity index is 87.7. The van der Waals surface area contributed by atoms with Crippen molar-refractivity contribution in [1.82, 2.24) is 4.90 Å². The Balaban J connectivity index is 3.46. The predicted molar refractivity (Wildman–Crippen MR) is 44.5 cm³/mol. The van der Waals surface area contributed by atoms with Crippen molar-refractivity contribution in [2.24, 2.45) is 0 Å². The molecule has 0 rings (SSSR count). The van der Waals surface area contributed by atoms with Crippen molar-refractivity contribution in [1.29, 1.82) is 0 Å². The van der Waals surface area contributed by atoms with Gasteiger partial charge in [-0.05, 0) is 27.4 Å². The average Bonchev–Trinajstić information content (AvgIpc) is 1.87. The molecule has 0 aliphatic heterocycles. The lowest BCUT2D eigenvalue weighted by molar-refractivity contribution is 0.147. The van der Waals surface area contributed by atoms with Gasteiger partial charge in [0.25, 0.3) is 0 Å². The fourth-order valence-corrected chi connectivity index (χ4v) is 0.794. The first-order valence-corrected chi connectivity index (χ1v) is 4.01. The molecule has 0 aromatic rings. The third-order valence-corrected chi connectivity index (χ3v) is 2.03. The summed E-state index contributed by atoms with van der Waals surface area (Å²) in [5, 5.41) is 9.12. The number of hydrogen-bond acceptors (Lipinski definition) is 2. The lowest BCUT2D eigenvalue weighted by atomic mass is 10.1. The van der Waals surface area contributed by atoms with Crippen molar-refractivity contribution in [3.63, 3.8) is 0 Å². The van der Waals surface area contributed by atoms with E-state index in [1.165, 1.54) is 0 Å².